The number of aromatic nitrogens is 3. The van der Waals surface area contributed by atoms with E-state index in [0.29, 0.717) is 11.9 Å². The molecule has 2 aromatic rings. The Bertz CT molecular complexity index is 616. The average molecular weight is 307 g/mol. The van der Waals surface area contributed by atoms with E-state index in [1.807, 2.05) is 12.3 Å². The van der Waals surface area contributed by atoms with Crippen LogP contribution in [0.5, 0.6) is 0 Å². The Morgan fingerprint density at radius 1 is 1.29 bits per heavy atom. The molecule has 0 radical (unpaired) electrons. The van der Waals surface area contributed by atoms with E-state index in [1.165, 1.54) is 32.4 Å². The summed E-state index contributed by atoms with van der Waals surface area (Å²) >= 11 is 6.12. The first kappa shape index (κ1) is 14.8. The second-order valence-electron chi connectivity index (χ2n) is 6.04. The van der Waals surface area contributed by atoms with Crippen molar-refractivity contribution < 1.29 is 0 Å². The molecule has 3 heterocycles. The summed E-state index contributed by atoms with van der Waals surface area (Å²) in [6.07, 6.45) is 5.86. The van der Waals surface area contributed by atoms with Gasteiger partial charge in [0, 0.05) is 18.8 Å². The molecule has 0 amide bonds. The number of hydrogen-bond donors (Lipinski definition) is 0. The normalized spacial score (nSPS) is 18.2. The third-order valence-corrected chi connectivity index (χ3v) is 4.62. The van der Waals surface area contributed by atoms with Crippen LogP contribution >= 0.6 is 11.6 Å². The minimum atomic E-state index is 0.344. The molecule has 114 valence electrons. The highest BCUT2D eigenvalue weighted by molar-refractivity contribution is 6.16. The van der Waals surface area contributed by atoms with E-state index in [4.69, 9.17) is 16.6 Å². The van der Waals surface area contributed by atoms with Crippen molar-refractivity contribution >= 4 is 22.8 Å². The van der Waals surface area contributed by atoms with Crippen LogP contribution in [0.3, 0.4) is 0 Å². The molecule has 1 unspecified atom stereocenters. The molecule has 1 aliphatic rings. The number of fused-ring (bicyclic) bond motifs is 1. The zero-order valence-corrected chi connectivity index (χ0v) is 13.6. The van der Waals surface area contributed by atoms with Crippen molar-refractivity contribution in [3.8, 4) is 0 Å². The molecule has 0 aromatic carbocycles. The van der Waals surface area contributed by atoms with Crippen LogP contribution in [0.4, 0.5) is 0 Å². The van der Waals surface area contributed by atoms with Gasteiger partial charge in [-0.05, 0) is 51.4 Å². The predicted octanol–water partition coefficient (Wildman–Crippen LogP) is 3.53. The molecular weight excluding hydrogens is 284 g/mol. The van der Waals surface area contributed by atoms with Crippen molar-refractivity contribution in [1.82, 2.24) is 19.4 Å². The summed E-state index contributed by atoms with van der Waals surface area (Å²) in [6.45, 7) is 7.79. The third kappa shape index (κ3) is 2.92. The largest absolute Gasteiger partial charge is 0.308 e. The van der Waals surface area contributed by atoms with Gasteiger partial charge in [0.1, 0.15) is 11.3 Å². The lowest BCUT2D eigenvalue weighted by Crippen LogP contribution is -2.34. The number of halogens is 1. The number of imidazole rings is 1. The second kappa shape index (κ2) is 6.32. The van der Waals surface area contributed by atoms with Crippen LogP contribution < -0.4 is 0 Å². The molecular formula is C16H23ClN4. The number of likely N-dealkylation sites (tertiary alicyclic amines) is 1. The van der Waals surface area contributed by atoms with E-state index in [1.54, 1.807) is 0 Å². The zero-order valence-electron chi connectivity index (χ0n) is 12.8. The topological polar surface area (TPSA) is 34.0 Å². The summed E-state index contributed by atoms with van der Waals surface area (Å²) in [6, 6.07) is 2.35. The summed E-state index contributed by atoms with van der Waals surface area (Å²) in [4.78, 5) is 11.8. The average Bonchev–Trinajstić information content (AvgIpc) is 2.88. The van der Waals surface area contributed by atoms with E-state index in [2.05, 4.69) is 28.3 Å². The third-order valence-electron chi connectivity index (χ3n) is 4.39. The van der Waals surface area contributed by atoms with Gasteiger partial charge in [-0.15, -0.1) is 11.6 Å². The van der Waals surface area contributed by atoms with Gasteiger partial charge in [0.25, 0.3) is 0 Å². The van der Waals surface area contributed by atoms with Gasteiger partial charge in [-0.2, -0.15) is 0 Å². The summed E-state index contributed by atoms with van der Waals surface area (Å²) in [5.74, 6) is 1.36. The molecule has 21 heavy (non-hydrogen) atoms. The van der Waals surface area contributed by atoms with Crippen LogP contribution in [-0.2, 0) is 5.88 Å². The van der Waals surface area contributed by atoms with Crippen molar-refractivity contribution in [2.24, 2.45) is 0 Å². The molecule has 0 bridgehead atoms. The standard InChI is InChI=1S/C16H23ClN4/c1-12-6-7-18-16-15(12)19-14(10-17)21(16)13(2)11-20-8-4-3-5-9-20/h6-7,13H,3-5,8-11H2,1-2H3. The Morgan fingerprint density at radius 2 is 2.05 bits per heavy atom. The Kier molecular flexibility index (Phi) is 4.45. The van der Waals surface area contributed by atoms with E-state index in [9.17, 15) is 0 Å². The molecule has 0 spiro atoms. The number of aryl methyl sites for hydroxylation is 1. The fourth-order valence-corrected chi connectivity index (χ4v) is 3.50. The van der Waals surface area contributed by atoms with E-state index in [-0.39, 0.29) is 0 Å². The highest BCUT2D eigenvalue weighted by Gasteiger charge is 2.20. The molecule has 1 aliphatic heterocycles. The first-order chi connectivity index (χ1) is 10.2. The Balaban J connectivity index is 1.92. The second-order valence-corrected chi connectivity index (χ2v) is 6.31. The highest BCUT2D eigenvalue weighted by Crippen LogP contribution is 2.24. The monoisotopic (exact) mass is 306 g/mol. The fourth-order valence-electron chi connectivity index (χ4n) is 3.31. The summed E-state index contributed by atoms with van der Waals surface area (Å²) < 4.78 is 2.23. The fraction of sp³-hybridized carbons (Fsp3) is 0.625. The van der Waals surface area contributed by atoms with Crippen molar-refractivity contribution in [1.29, 1.82) is 0 Å². The summed E-state index contributed by atoms with van der Waals surface area (Å²) in [5, 5.41) is 0. The van der Waals surface area contributed by atoms with Crippen molar-refractivity contribution in [2.75, 3.05) is 19.6 Å². The van der Waals surface area contributed by atoms with Gasteiger partial charge >= 0.3 is 0 Å². The van der Waals surface area contributed by atoms with Crippen molar-refractivity contribution in [3.63, 3.8) is 0 Å². The SMILES string of the molecule is Cc1ccnc2c1nc(CCl)n2C(C)CN1CCCCC1. The Morgan fingerprint density at radius 3 is 2.76 bits per heavy atom. The summed E-state index contributed by atoms with van der Waals surface area (Å²) in [7, 11) is 0. The lowest BCUT2D eigenvalue weighted by molar-refractivity contribution is 0.202. The molecule has 2 aromatic heterocycles. The van der Waals surface area contributed by atoms with Gasteiger partial charge < -0.3 is 9.47 Å². The molecule has 0 aliphatic carbocycles. The number of pyridine rings is 1. The number of hydrogen-bond acceptors (Lipinski definition) is 3. The maximum atomic E-state index is 6.12. The minimum absolute atomic E-state index is 0.344. The van der Waals surface area contributed by atoms with Crippen LogP contribution in [0, 0.1) is 6.92 Å². The quantitative estimate of drug-likeness (QED) is 0.810. The number of rotatable bonds is 4. The Hall–Kier alpha value is -1.13. The van der Waals surface area contributed by atoms with Crippen LogP contribution in [0.15, 0.2) is 12.3 Å². The maximum absolute atomic E-state index is 6.12. The number of alkyl halides is 1. The Labute approximate surface area is 131 Å². The van der Waals surface area contributed by atoms with Crippen LogP contribution in [-0.4, -0.2) is 39.1 Å². The van der Waals surface area contributed by atoms with Gasteiger partial charge in [-0.3, -0.25) is 0 Å². The molecule has 0 N–H and O–H groups in total. The zero-order chi connectivity index (χ0) is 14.8. The first-order valence-electron chi connectivity index (χ1n) is 7.81. The van der Waals surface area contributed by atoms with E-state index < -0.39 is 0 Å². The number of nitrogens with zero attached hydrogens (tertiary/aromatic N) is 4. The molecule has 1 saturated heterocycles. The molecule has 1 fully saturated rings. The smallest absolute Gasteiger partial charge is 0.160 e. The highest BCUT2D eigenvalue weighted by atomic mass is 35.5. The van der Waals surface area contributed by atoms with Gasteiger partial charge in [-0.25, -0.2) is 9.97 Å². The maximum Gasteiger partial charge on any atom is 0.160 e. The van der Waals surface area contributed by atoms with Crippen molar-refractivity contribution in [3.05, 3.63) is 23.7 Å². The molecule has 5 heteroatoms. The molecule has 4 nitrogen and oxygen atoms in total. The minimum Gasteiger partial charge on any atom is -0.308 e. The molecule has 0 saturated carbocycles. The molecule has 1 atom stereocenters. The van der Waals surface area contributed by atoms with Gasteiger partial charge in [0.15, 0.2) is 5.65 Å². The predicted molar refractivity (Wildman–Crippen MR) is 86.8 cm³/mol. The van der Waals surface area contributed by atoms with Gasteiger partial charge in [0.05, 0.1) is 5.88 Å². The van der Waals surface area contributed by atoms with Crippen LogP contribution in [0.2, 0.25) is 0 Å². The van der Waals surface area contributed by atoms with Gasteiger partial charge in [-0.1, -0.05) is 6.42 Å². The van der Waals surface area contributed by atoms with Crippen LogP contribution in [0.25, 0.3) is 11.2 Å². The lowest BCUT2D eigenvalue weighted by atomic mass is 10.1. The molecule has 3 rings (SSSR count). The summed E-state index contributed by atoms with van der Waals surface area (Å²) in [5.41, 5.74) is 3.11. The first-order valence-corrected chi connectivity index (χ1v) is 8.35. The van der Waals surface area contributed by atoms with E-state index in [0.717, 1.165) is 29.1 Å². The van der Waals surface area contributed by atoms with Crippen LogP contribution in [0.1, 0.15) is 43.6 Å². The lowest BCUT2D eigenvalue weighted by Gasteiger charge is -2.30. The van der Waals surface area contributed by atoms with Crippen molar-refractivity contribution in [2.45, 2.75) is 45.0 Å². The van der Waals surface area contributed by atoms with E-state index >= 15 is 0 Å². The van der Waals surface area contributed by atoms with Gasteiger partial charge in [0.2, 0.25) is 0 Å². The number of piperidine rings is 1.